The lowest BCUT2D eigenvalue weighted by molar-refractivity contribution is 0.0525. The third-order valence-corrected chi connectivity index (χ3v) is 6.36. The Hall–Kier alpha value is -3.06. The summed E-state index contributed by atoms with van der Waals surface area (Å²) in [5.74, 6) is -0.831. The highest BCUT2D eigenvalue weighted by atomic mass is 19.1. The third-order valence-electron chi connectivity index (χ3n) is 6.36. The number of benzene rings is 2. The van der Waals surface area contributed by atoms with Gasteiger partial charge in [-0.15, -0.1) is 0 Å². The summed E-state index contributed by atoms with van der Waals surface area (Å²) in [6.45, 7) is 9.79. The molecule has 1 atom stereocenters. The van der Waals surface area contributed by atoms with E-state index >= 15 is 0 Å². The molecule has 32 heavy (non-hydrogen) atoms. The first-order valence-electron chi connectivity index (χ1n) is 10.9. The fourth-order valence-corrected chi connectivity index (χ4v) is 3.87. The van der Waals surface area contributed by atoms with Crippen LogP contribution in [0.3, 0.4) is 0 Å². The molecule has 1 aliphatic rings. The number of fused-ring (bicyclic) bond motifs is 1. The van der Waals surface area contributed by atoms with Crippen molar-refractivity contribution in [3.8, 4) is 0 Å². The zero-order valence-corrected chi connectivity index (χ0v) is 18.9. The van der Waals surface area contributed by atoms with Gasteiger partial charge in [-0.1, -0.05) is 45.0 Å². The average molecular weight is 437 g/mol. The lowest BCUT2D eigenvalue weighted by Crippen LogP contribution is -2.62. The number of carbonyl (C=O) groups excluding carboxylic acids is 1. The minimum Gasteiger partial charge on any atom is -0.335 e. The van der Waals surface area contributed by atoms with Gasteiger partial charge in [-0.3, -0.25) is 9.59 Å². The largest absolute Gasteiger partial charge is 0.335 e. The number of nitrogens with one attached hydrogen (secondary N) is 2. The molecule has 6 nitrogen and oxygen atoms in total. The van der Waals surface area contributed by atoms with Crippen molar-refractivity contribution in [1.29, 1.82) is 0 Å². The highest BCUT2D eigenvalue weighted by Crippen LogP contribution is 2.23. The summed E-state index contributed by atoms with van der Waals surface area (Å²) < 4.78 is 14.5. The van der Waals surface area contributed by atoms with Crippen LogP contribution in [0.15, 0.2) is 47.3 Å². The van der Waals surface area contributed by atoms with Crippen molar-refractivity contribution in [2.24, 2.45) is 5.41 Å². The minimum atomic E-state index is -0.530. The van der Waals surface area contributed by atoms with E-state index in [-0.39, 0.29) is 28.5 Å². The Balaban J connectivity index is 1.49. The zero-order valence-electron chi connectivity index (χ0n) is 18.9. The molecule has 1 aromatic heterocycles. The van der Waals surface area contributed by atoms with E-state index in [1.54, 1.807) is 29.2 Å². The van der Waals surface area contributed by atoms with Crippen LogP contribution >= 0.6 is 0 Å². The Kier molecular flexibility index (Phi) is 5.86. The lowest BCUT2D eigenvalue weighted by atomic mass is 9.87. The number of likely N-dealkylation sites (tertiary alicyclic amines) is 1. The molecular weight excluding hydrogens is 407 g/mol. The van der Waals surface area contributed by atoms with E-state index in [1.807, 2.05) is 12.1 Å². The van der Waals surface area contributed by atoms with Crippen LogP contribution in [0.4, 0.5) is 4.39 Å². The van der Waals surface area contributed by atoms with Crippen LogP contribution in [0.2, 0.25) is 0 Å². The molecule has 0 aliphatic carbocycles. The van der Waals surface area contributed by atoms with Crippen molar-refractivity contribution in [1.82, 2.24) is 20.4 Å². The second kappa shape index (κ2) is 8.47. The number of amides is 1. The van der Waals surface area contributed by atoms with Gasteiger partial charge in [0.05, 0.1) is 16.6 Å². The number of hydrogen-bond acceptors (Lipinski definition) is 4. The van der Waals surface area contributed by atoms with Crippen molar-refractivity contribution >= 4 is 16.7 Å². The molecule has 0 spiro atoms. The topological polar surface area (TPSA) is 78.1 Å². The Morgan fingerprint density at radius 2 is 1.91 bits per heavy atom. The maximum Gasteiger partial charge on any atom is 0.272 e. The van der Waals surface area contributed by atoms with Gasteiger partial charge >= 0.3 is 0 Å². The van der Waals surface area contributed by atoms with Crippen molar-refractivity contribution in [3.05, 3.63) is 75.5 Å². The molecule has 3 aromatic rings. The second-order valence-electron chi connectivity index (χ2n) is 9.70. The molecular formula is C25H29FN4O2. The number of halogens is 1. The molecule has 168 valence electrons. The van der Waals surface area contributed by atoms with E-state index in [1.165, 1.54) is 6.07 Å². The summed E-state index contributed by atoms with van der Waals surface area (Å²) >= 11 is 0. The van der Waals surface area contributed by atoms with E-state index in [9.17, 15) is 14.0 Å². The van der Waals surface area contributed by atoms with Gasteiger partial charge in [0, 0.05) is 37.0 Å². The molecule has 1 aliphatic heterocycles. The molecule has 4 rings (SSSR count). The molecule has 1 saturated heterocycles. The summed E-state index contributed by atoms with van der Waals surface area (Å²) in [5, 5.41) is 11.6. The Morgan fingerprint density at radius 1 is 1.22 bits per heavy atom. The van der Waals surface area contributed by atoms with E-state index in [0.717, 1.165) is 10.9 Å². The van der Waals surface area contributed by atoms with Gasteiger partial charge in [-0.2, -0.15) is 5.10 Å². The number of aromatic nitrogens is 2. The van der Waals surface area contributed by atoms with Gasteiger partial charge in [0.25, 0.3) is 11.5 Å². The first kappa shape index (κ1) is 22.1. The number of rotatable bonds is 5. The quantitative estimate of drug-likeness (QED) is 0.642. The van der Waals surface area contributed by atoms with Gasteiger partial charge < -0.3 is 10.2 Å². The van der Waals surface area contributed by atoms with Crippen LogP contribution in [-0.2, 0) is 6.42 Å². The lowest BCUT2D eigenvalue weighted by Gasteiger charge is -2.43. The van der Waals surface area contributed by atoms with Crippen molar-refractivity contribution in [2.45, 2.75) is 46.2 Å². The van der Waals surface area contributed by atoms with Crippen LogP contribution in [0.25, 0.3) is 10.8 Å². The number of H-pyrrole nitrogens is 1. The summed E-state index contributed by atoms with van der Waals surface area (Å²) in [6.07, 6.45) is 0.380. The van der Waals surface area contributed by atoms with Crippen LogP contribution in [0.1, 0.15) is 49.3 Å². The minimum absolute atomic E-state index is 0.0681. The smallest absolute Gasteiger partial charge is 0.272 e. The monoisotopic (exact) mass is 436 g/mol. The second-order valence-corrected chi connectivity index (χ2v) is 9.70. The summed E-state index contributed by atoms with van der Waals surface area (Å²) in [4.78, 5) is 26.6. The molecule has 1 fully saturated rings. The molecule has 0 radical (unpaired) electrons. The standard InChI is InChI=1S/C25H29FN4O2/c1-15(25(2,3)4)27-17-13-30(14-17)24(32)20-11-16(9-10-21(20)26)12-22-18-7-5-6-8-19(18)23(31)29-28-22/h5-11,15,17,27H,12-14H2,1-4H3,(H,29,31)/t15-/m1/s1. The summed E-state index contributed by atoms with van der Waals surface area (Å²) in [5.41, 5.74) is 1.38. The van der Waals surface area contributed by atoms with E-state index in [2.05, 4.69) is 43.2 Å². The molecule has 7 heteroatoms. The molecule has 1 amide bonds. The average Bonchev–Trinajstić information content (AvgIpc) is 2.72. The van der Waals surface area contributed by atoms with Crippen LogP contribution in [-0.4, -0.2) is 46.2 Å². The van der Waals surface area contributed by atoms with Crippen molar-refractivity contribution in [3.63, 3.8) is 0 Å². The van der Waals surface area contributed by atoms with Gasteiger partial charge in [0.2, 0.25) is 0 Å². The van der Waals surface area contributed by atoms with Crippen molar-refractivity contribution in [2.75, 3.05) is 13.1 Å². The number of nitrogens with zero attached hydrogens (tertiary/aromatic N) is 2. The SMILES string of the molecule is C[C@@H](NC1CN(C(=O)c2cc(Cc3n[nH]c(=O)c4ccccc34)ccc2F)C1)C(C)(C)C. The van der Waals surface area contributed by atoms with Crippen LogP contribution < -0.4 is 10.9 Å². The van der Waals surface area contributed by atoms with Crippen molar-refractivity contribution < 1.29 is 9.18 Å². The van der Waals surface area contributed by atoms with E-state index in [4.69, 9.17) is 0 Å². The molecule has 0 bridgehead atoms. The molecule has 0 saturated carbocycles. The highest BCUT2D eigenvalue weighted by Gasteiger charge is 2.34. The molecule has 2 N–H and O–H groups in total. The molecule has 0 unspecified atom stereocenters. The van der Waals surface area contributed by atoms with Gasteiger partial charge in [-0.05, 0) is 36.1 Å². The fourth-order valence-electron chi connectivity index (χ4n) is 3.87. The van der Waals surface area contributed by atoms with Crippen LogP contribution in [0, 0.1) is 11.2 Å². The summed E-state index contributed by atoms with van der Waals surface area (Å²) in [7, 11) is 0. The zero-order chi connectivity index (χ0) is 23.0. The maximum absolute atomic E-state index is 14.5. The van der Waals surface area contributed by atoms with Gasteiger partial charge in [0.15, 0.2) is 0 Å². The fraction of sp³-hybridized carbons (Fsp3) is 0.400. The van der Waals surface area contributed by atoms with E-state index < -0.39 is 5.82 Å². The Labute approximate surface area is 186 Å². The van der Waals surface area contributed by atoms with Crippen LogP contribution in [0.5, 0.6) is 0 Å². The van der Waals surface area contributed by atoms with Gasteiger partial charge in [-0.25, -0.2) is 9.49 Å². The Bertz CT molecular complexity index is 1210. The highest BCUT2D eigenvalue weighted by molar-refractivity contribution is 5.95. The normalized spacial score (nSPS) is 15.6. The predicted molar refractivity (Wildman–Crippen MR) is 123 cm³/mol. The maximum atomic E-state index is 14.5. The predicted octanol–water partition coefficient (Wildman–Crippen LogP) is 3.50. The number of hydrogen-bond donors (Lipinski definition) is 2. The summed E-state index contributed by atoms with van der Waals surface area (Å²) in [6, 6.07) is 12.3. The number of aromatic amines is 1. The van der Waals surface area contributed by atoms with E-state index in [0.29, 0.717) is 36.6 Å². The number of carbonyl (C=O) groups is 1. The Morgan fingerprint density at radius 3 is 2.59 bits per heavy atom. The molecule has 2 heterocycles. The molecule has 2 aromatic carbocycles. The first-order valence-corrected chi connectivity index (χ1v) is 10.9. The first-order chi connectivity index (χ1) is 15.1. The third kappa shape index (κ3) is 4.43. The van der Waals surface area contributed by atoms with Gasteiger partial charge in [0.1, 0.15) is 5.82 Å².